The van der Waals surface area contributed by atoms with Crippen LogP contribution in [0.2, 0.25) is 0 Å². The summed E-state index contributed by atoms with van der Waals surface area (Å²) in [5.41, 5.74) is 6.95. The van der Waals surface area contributed by atoms with Crippen molar-refractivity contribution < 1.29 is 4.74 Å². The fourth-order valence-corrected chi connectivity index (χ4v) is 2.66. The van der Waals surface area contributed by atoms with Gasteiger partial charge in [-0.05, 0) is 44.7 Å². The minimum atomic E-state index is -0.0512. The van der Waals surface area contributed by atoms with Gasteiger partial charge in [-0.25, -0.2) is 4.98 Å². The molecule has 4 nitrogen and oxygen atoms in total. The topological polar surface area (TPSA) is 51.4 Å². The fourth-order valence-electron chi connectivity index (χ4n) is 2.66. The average Bonchev–Trinajstić information content (AvgIpc) is 2.39. The maximum absolute atomic E-state index is 5.80. The largest absolute Gasteiger partial charge is 0.377 e. The number of pyridine rings is 1. The highest BCUT2D eigenvalue weighted by Gasteiger charge is 2.31. The summed E-state index contributed by atoms with van der Waals surface area (Å²) >= 11 is 0. The van der Waals surface area contributed by atoms with Crippen molar-refractivity contribution in [3.63, 3.8) is 0 Å². The number of hydrogen-bond acceptors (Lipinski definition) is 4. The van der Waals surface area contributed by atoms with Crippen LogP contribution in [0.5, 0.6) is 0 Å². The van der Waals surface area contributed by atoms with Crippen molar-refractivity contribution in [2.75, 3.05) is 25.1 Å². The van der Waals surface area contributed by atoms with Gasteiger partial charge in [0.2, 0.25) is 0 Å². The van der Waals surface area contributed by atoms with Crippen molar-refractivity contribution in [1.82, 2.24) is 4.98 Å². The highest BCUT2D eigenvalue weighted by atomic mass is 16.5. The summed E-state index contributed by atoms with van der Waals surface area (Å²) in [6.45, 7) is 6.15. The first kappa shape index (κ1) is 14.3. The second-order valence-electron chi connectivity index (χ2n) is 5.89. The van der Waals surface area contributed by atoms with E-state index in [0.29, 0.717) is 0 Å². The third-order valence-corrected chi connectivity index (χ3v) is 3.84. The second kappa shape index (κ2) is 5.88. The van der Waals surface area contributed by atoms with Crippen LogP contribution in [-0.2, 0) is 11.2 Å². The van der Waals surface area contributed by atoms with Gasteiger partial charge in [-0.2, -0.15) is 0 Å². The van der Waals surface area contributed by atoms with Crippen LogP contribution in [0.25, 0.3) is 0 Å². The molecule has 0 saturated carbocycles. The first-order valence-corrected chi connectivity index (χ1v) is 7.03. The van der Waals surface area contributed by atoms with Gasteiger partial charge in [-0.1, -0.05) is 6.07 Å². The molecule has 2 N–H and O–H groups in total. The summed E-state index contributed by atoms with van der Waals surface area (Å²) in [6, 6.07) is 4.41. The van der Waals surface area contributed by atoms with Crippen LogP contribution in [0.1, 0.15) is 32.3 Å². The molecular formula is C15H25N3O. The smallest absolute Gasteiger partial charge is 0.128 e. The number of nitrogens with two attached hydrogens (primary N) is 1. The number of methoxy groups -OCH3 is 1. The molecular weight excluding hydrogens is 238 g/mol. The Labute approximate surface area is 116 Å². The van der Waals surface area contributed by atoms with Gasteiger partial charge < -0.3 is 15.4 Å². The number of piperidine rings is 1. The molecule has 2 atom stereocenters. The van der Waals surface area contributed by atoms with E-state index in [1.54, 1.807) is 7.11 Å². The van der Waals surface area contributed by atoms with Crippen molar-refractivity contribution in [2.24, 2.45) is 5.73 Å². The molecule has 4 heteroatoms. The van der Waals surface area contributed by atoms with Crippen molar-refractivity contribution in [1.29, 1.82) is 0 Å². The van der Waals surface area contributed by atoms with E-state index in [1.807, 2.05) is 13.1 Å². The van der Waals surface area contributed by atoms with Crippen LogP contribution < -0.4 is 10.6 Å². The van der Waals surface area contributed by atoms with Crippen LogP contribution >= 0.6 is 0 Å². The Bertz CT molecular complexity index is 404. The normalized spacial score (nSPS) is 25.4. The number of rotatable bonds is 4. The fraction of sp³-hybridized carbons (Fsp3) is 0.667. The third kappa shape index (κ3) is 3.67. The van der Waals surface area contributed by atoms with E-state index in [0.717, 1.165) is 38.2 Å². The second-order valence-corrected chi connectivity index (χ2v) is 5.89. The van der Waals surface area contributed by atoms with E-state index in [-0.39, 0.29) is 11.6 Å². The molecule has 0 spiro atoms. The summed E-state index contributed by atoms with van der Waals surface area (Å²) in [7, 11) is 1.79. The molecule has 1 aromatic heterocycles. The number of anilines is 1. The number of hydrogen-bond donors (Lipinski definition) is 1. The maximum atomic E-state index is 5.80. The van der Waals surface area contributed by atoms with Gasteiger partial charge in [0.05, 0.1) is 5.60 Å². The lowest BCUT2D eigenvalue weighted by Crippen LogP contribution is -2.47. The Morgan fingerprint density at radius 1 is 1.53 bits per heavy atom. The average molecular weight is 263 g/mol. The van der Waals surface area contributed by atoms with Crippen LogP contribution in [0, 0.1) is 0 Å². The number of ether oxygens (including phenoxy) is 1. The molecule has 0 aromatic carbocycles. The molecule has 2 unspecified atom stereocenters. The van der Waals surface area contributed by atoms with Crippen molar-refractivity contribution in [3.05, 3.63) is 23.9 Å². The highest BCUT2D eigenvalue weighted by molar-refractivity contribution is 5.40. The lowest BCUT2D eigenvalue weighted by atomic mass is 9.95. The monoisotopic (exact) mass is 263 g/mol. The first-order chi connectivity index (χ1) is 9.02. The molecule has 19 heavy (non-hydrogen) atoms. The predicted molar refractivity (Wildman–Crippen MR) is 78.5 cm³/mol. The standard InChI is InChI=1S/C15H25N3O/c1-12(16)9-13-5-6-14(17-10-13)18-8-4-7-15(2,11-18)19-3/h5-6,10,12H,4,7-9,11,16H2,1-3H3. The van der Waals surface area contributed by atoms with Crippen LogP contribution in [0.4, 0.5) is 5.82 Å². The summed E-state index contributed by atoms with van der Waals surface area (Å²) < 4.78 is 5.62. The van der Waals surface area contributed by atoms with Gasteiger partial charge in [0.15, 0.2) is 0 Å². The molecule has 106 valence electrons. The van der Waals surface area contributed by atoms with E-state index in [2.05, 4.69) is 28.9 Å². The lowest BCUT2D eigenvalue weighted by molar-refractivity contribution is -0.00481. The van der Waals surface area contributed by atoms with E-state index < -0.39 is 0 Å². The molecule has 1 aromatic rings. The van der Waals surface area contributed by atoms with E-state index in [4.69, 9.17) is 10.5 Å². The molecule has 0 bridgehead atoms. The van der Waals surface area contributed by atoms with Crippen LogP contribution in [0.15, 0.2) is 18.3 Å². The summed E-state index contributed by atoms with van der Waals surface area (Å²) in [5.74, 6) is 1.04. The zero-order valence-electron chi connectivity index (χ0n) is 12.2. The van der Waals surface area contributed by atoms with Crippen molar-refractivity contribution >= 4 is 5.82 Å². The minimum absolute atomic E-state index is 0.0512. The maximum Gasteiger partial charge on any atom is 0.128 e. The Morgan fingerprint density at radius 3 is 2.89 bits per heavy atom. The van der Waals surface area contributed by atoms with Gasteiger partial charge in [0.1, 0.15) is 5.82 Å². The minimum Gasteiger partial charge on any atom is -0.377 e. The zero-order chi connectivity index (χ0) is 13.9. The Hall–Kier alpha value is -1.13. The van der Waals surface area contributed by atoms with E-state index in [1.165, 1.54) is 5.56 Å². The van der Waals surface area contributed by atoms with Gasteiger partial charge in [-0.3, -0.25) is 0 Å². The summed E-state index contributed by atoms with van der Waals surface area (Å²) in [6.07, 6.45) is 5.08. The SMILES string of the molecule is COC1(C)CCCN(c2ccc(CC(C)N)cn2)C1. The van der Waals surface area contributed by atoms with Crippen LogP contribution in [0.3, 0.4) is 0 Å². The molecule has 1 saturated heterocycles. The van der Waals surface area contributed by atoms with Gasteiger partial charge in [0, 0.05) is 32.4 Å². The summed E-state index contributed by atoms with van der Waals surface area (Å²) in [4.78, 5) is 6.88. The Morgan fingerprint density at radius 2 is 2.32 bits per heavy atom. The number of aromatic nitrogens is 1. The van der Waals surface area contributed by atoms with Crippen molar-refractivity contribution in [2.45, 2.75) is 44.8 Å². The first-order valence-electron chi connectivity index (χ1n) is 7.03. The molecule has 1 aliphatic heterocycles. The molecule has 2 heterocycles. The molecule has 0 amide bonds. The third-order valence-electron chi connectivity index (χ3n) is 3.84. The Kier molecular flexibility index (Phi) is 4.42. The predicted octanol–water partition coefficient (Wildman–Crippen LogP) is 1.98. The molecule has 1 aliphatic rings. The molecule has 0 radical (unpaired) electrons. The molecule has 0 aliphatic carbocycles. The lowest BCUT2D eigenvalue weighted by Gasteiger charge is -2.40. The van der Waals surface area contributed by atoms with E-state index >= 15 is 0 Å². The quantitative estimate of drug-likeness (QED) is 0.902. The summed E-state index contributed by atoms with van der Waals surface area (Å²) in [5, 5.41) is 0. The highest BCUT2D eigenvalue weighted by Crippen LogP contribution is 2.26. The van der Waals surface area contributed by atoms with Crippen LogP contribution in [-0.4, -0.2) is 36.8 Å². The van der Waals surface area contributed by atoms with Gasteiger partial charge in [-0.15, -0.1) is 0 Å². The van der Waals surface area contributed by atoms with Gasteiger partial charge >= 0.3 is 0 Å². The molecule has 1 fully saturated rings. The molecule has 2 rings (SSSR count). The van der Waals surface area contributed by atoms with Crippen molar-refractivity contribution in [3.8, 4) is 0 Å². The van der Waals surface area contributed by atoms with Gasteiger partial charge in [0.25, 0.3) is 0 Å². The number of nitrogens with zero attached hydrogens (tertiary/aromatic N) is 2. The zero-order valence-corrected chi connectivity index (χ0v) is 12.2. The van der Waals surface area contributed by atoms with E-state index in [9.17, 15) is 0 Å². The Balaban J connectivity index is 2.05.